The summed E-state index contributed by atoms with van der Waals surface area (Å²) < 4.78 is 39.8. The van der Waals surface area contributed by atoms with E-state index in [0.29, 0.717) is 11.4 Å². The van der Waals surface area contributed by atoms with E-state index in [0.717, 1.165) is 47.8 Å². The predicted molar refractivity (Wildman–Crippen MR) is 103 cm³/mol. The van der Waals surface area contributed by atoms with Gasteiger partial charge in [-0.2, -0.15) is 18.3 Å². The number of carbonyl (C=O) groups excluding carboxylic acids is 1. The summed E-state index contributed by atoms with van der Waals surface area (Å²) in [5.41, 5.74) is 2.82. The van der Waals surface area contributed by atoms with Crippen molar-refractivity contribution < 1.29 is 18.0 Å². The molecular weight excluding hydrogens is 397 g/mol. The number of rotatable bonds is 4. The van der Waals surface area contributed by atoms with Gasteiger partial charge in [0.15, 0.2) is 0 Å². The maximum absolute atomic E-state index is 12.8. The van der Waals surface area contributed by atoms with E-state index < -0.39 is 18.1 Å². The number of H-pyrrole nitrogens is 1. The molecule has 4 heterocycles. The van der Waals surface area contributed by atoms with Crippen LogP contribution in [0.4, 0.5) is 13.2 Å². The molecule has 0 aromatic carbocycles. The van der Waals surface area contributed by atoms with Crippen molar-refractivity contribution in [1.29, 1.82) is 0 Å². The van der Waals surface area contributed by atoms with Gasteiger partial charge in [-0.3, -0.25) is 4.79 Å². The Hall–Kier alpha value is -3.43. The summed E-state index contributed by atoms with van der Waals surface area (Å²) in [5.74, 6) is 0.438. The van der Waals surface area contributed by atoms with E-state index in [1.165, 1.54) is 10.7 Å². The number of hydrogen-bond donors (Lipinski definition) is 2. The highest BCUT2D eigenvalue weighted by molar-refractivity contribution is 6.02. The van der Waals surface area contributed by atoms with Gasteiger partial charge in [0, 0.05) is 35.5 Å². The first-order valence-electron chi connectivity index (χ1n) is 9.50. The van der Waals surface area contributed by atoms with Crippen LogP contribution in [0.25, 0.3) is 27.7 Å². The molecular formula is C20H17F3N6O. The normalized spacial score (nSPS) is 15.6. The molecule has 0 saturated heterocycles. The largest absolute Gasteiger partial charge is 0.408 e. The van der Waals surface area contributed by atoms with E-state index >= 15 is 0 Å². The number of carbonyl (C=O) groups is 1. The Balaban J connectivity index is 1.51. The molecule has 0 spiro atoms. The minimum Gasteiger partial charge on any atom is -0.345 e. The van der Waals surface area contributed by atoms with Crippen molar-refractivity contribution in [1.82, 2.24) is 29.9 Å². The maximum Gasteiger partial charge on any atom is 0.408 e. The number of nitrogens with one attached hydrogen (secondary N) is 2. The third kappa shape index (κ3) is 3.17. The number of nitrogens with zero attached hydrogens (tertiary/aromatic N) is 4. The molecule has 1 atom stereocenters. The van der Waals surface area contributed by atoms with Crippen LogP contribution in [0.15, 0.2) is 36.9 Å². The van der Waals surface area contributed by atoms with E-state index in [1.807, 2.05) is 17.6 Å². The molecule has 0 bridgehead atoms. The lowest BCUT2D eigenvalue weighted by Crippen LogP contribution is -2.43. The lowest BCUT2D eigenvalue weighted by atomic mass is 10.1. The first-order valence-corrected chi connectivity index (χ1v) is 9.50. The molecule has 4 aromatic heterocycles. The molecule has 1 aliphatic rings. The Labute approximate surface area is 168 Å². The zero-order chi connectivity index (χ0) is 21.0. The van der Waals surface area contributed by atoms with Gasteiger partial charge in [0.2, 0.25) is 0 Å². The molecule has 4 aromatic rings. The average Bonchev–Trinajstić information content (AvgIpc) is 3.33. The van der Waals surface area contributed by atoms with Gasteiger partial charge >= 0.3 is 6.18 Å². The van der Waals surface area contributed by atoms with Gasteiger partial charge in [-0.05, 0) is 37.5 Å². The van der Waals surface area contributed by atoms with E-state index in [9.17, 15) is 18.0 Å². The summed E-state index contributed by atoms with van der Waals surface area (Å²) >= 11 is 0. The van der Waals surface area contributed by atoms with Gasteiger partial charge < -0.3 is 10.3 Å². The lowest BCUT2D eigenvalue weighted by molar-refractivity contribution is -0.149. The fraction of sp³-hybridized carbons (Fsp3) is 0.300. The van der Waals surface area contributed by atoms with Crippen molar-refractivity contribution in [3.05, 3.63) is 48.3 Å². The summed E-state index contributed by atoms with van der Waals surface area (Å²) in [6, 6.07) is 1.57. The average molecular weight is 414 g/mol. The van der Waals surface area contributed by atoms with Crippen molar-refractivity contribution in [3.63, 3.8) is 0 Å². The smallest absolute Gasteiger partial charge is 0.345 e. The van der Waals surface area contributed by atoms with Crippen LogP contribution in [0.1, 0.15) is 41.9 Å². The second kappa shape index (κ2) is 6.54. The van der Waals surface area contributed by atoms with Crippen LogP contribution in [-0.2, 0) is 0 Å². The van der Waals surface area contributed by atoms with Crippen LogP contribution in [0.3, 0.4) is 0 Å². The van der Waals surface area contributed by atoms with Crippen LogP contribution in [-0.4, -0.2) is 42.7 Å². The van der Waals surface area contributed by atoms with E-state index in [2.05, 4.69) is 20.1 Å². The zero-order valence-corrected chi connectivity index (χ0v) is 15.9. The number of pyridine rings is 1. The molecule has 1 amide bonds. The minimum atomic E-state index is -4.52. The fourth-order valence-corrected chi connectivity index (χ4v) is 3.38. The number of alkyl halides is 3. The first kappa shape index (κ1) is 18.6. The highest BCUT2D eigenvalue weighted by atomic mass is 19.4. The molecule has 1 fully saturated rings. The summed E-state index contributed by atoms with van der Waals surface area (Å²) in [4.78, 5) is 24.6. The second-order valence-electron chi connectivity index (χ2n) is 7.51. The van der Waals surface area contributed by atoms with Gasteiger partial charge in [0.1, 0.15) is 17.5 Å². The molecule has 2 N–H and O–H groups in total. The number of aromatic amines is 1. The molecule has 0 aliphatic heterocycles. The fourth-order valence-electron chi connectivity index (χ4n) is 3.38. The van der Waals surface area contributed by atoms with Gasteiger partial charge in [-0.25, -0.2) is 14.5 Å². The molecule has 1 unspecified atom stereocenters. The van der Waals surface area contributed by atoms with Crippen molar-refractivity contribution in [2.75, 3.05) is 0 Å². The number of halogens is 3. The zero-order valence-electron chi connectivity index (χ0n) is 15.9. The van der Waals surface area contributed by atoms with Gasteiger partial charge in [-0.1, -0.05) is 0 Å². The van der Waals surface area contributed by atoms with E-state index in [4.69, 9.17) is 0 Å². The van der Waals surface area contributed by atoms with Gasteiger partial charge in [0.25, 0.3) is 5.91 Å². The third-order valence-electron chi connectivity index (χ3n) is 5.31. The summed E-state index contributed by atoms with van der Waals surface area (Å²) in [6.45, 7) is 0.900. The predicted octanol–water partition coefficient (Wildman–Crippen LogP) is 3.83. The maximum atomic E-state index is 12.8. The lowest BCUT2D eigenvalue weighted by Gasteiger charge is -2.16. The Kier molecular flexibility index (Phi) is 4.05. The number of fused-ring (bicyclic) bond motifs is 2. The van der Waals surface area contributed by atoms with Crippen LogP contribution >= 0.6 is 0 Å². The Morgan fingerprint density at radius 2 is 2.13 bits per heavy atom. The van der Waals surface area contributed by atoms with Crippen LogP contribution in [0.2, 0.25) is 0 Å². The summed E-state index contributed by atoms with van der Waals surface area (Å²) in [6.07, 6.45) is 4.20. The molecule has 0 radical (unpaired) electrons. The van der Waals surface area contributed by atoms with Crippen LogP contribution in [0, 0.1) is 0 Å². The molecule has 30 heavy (non-hydrogen) atoms. The summed E-state index contributed by atoms with van der Waals surface area (Å²) in [7, 11) is 0. The van der Waals surface area contributed by atoms with E-state index in [-0.39, 0.29) is 5.56 Å². The van der Waals surface area contributed by atoms with E-state index in [1.54, 1.807) is 18.5 Å². The monoisotopic (exact) mass is 414 g/mol. The Morgan fingerprint density at radius 1 is 1.33 bits per heavy atom. The highest BCUT2D eigenvalue weighted by Crippen LogP contribution is 2.39. The van der Waals surface area contributed by atoms with Crippen molar-refractivity contribution in [2.45, 2.75) is 37.9 Å². The third-order valence-corrected chi connectivity index (χ3v) is 5.31. The molecule has 154 valence electrons. The summed E-state index contributed by atoms with van der Waals surface area (Å²) in [5, 5.41) is 6.88. The van der Waals surface area contributed by atoms with Crippen LogP contribution < -0.4 is 5.32 Å². The van der Waals surface area contributed by atoms with Gasteiger partial charge in [0.05, 0.1) is 17.3 Å². The molecule has 1 saturated carbocycles. The number of aromatic nitrogens is 5. The number of hydrogen-bond acceptors (Lipinski definition) is 4. The Morgan fingerprint density at radius 3 is 2.87 bits per heavy atom. The van der Waals surface area contributed by atoms with Crippen molar-refractivity contribution in [3.8, 4) is 11.1 Å². The quantitative estimate of drug-likeness (QED) is 0.531. The first-order chi connectivity index (χ1) is 14.3. The van der Waals surface area contributed by atoms with Gasteiger partial charge in [-0.15, -0.1) is 0 Å². The van der Waals surface area contributed by atoms with Crippen molar-refractivity contribution in [2.24, 2.45) is 0 Å². The SMILES string of the molecule is CC(NC(=O)c1cnn2ccc(-c3c[nH]c4nc(C5CC5)ncc34)cc12)C(F)(F)F. The molecule has 7 nitrogen and oxygen atoms in total. The van der Waals surface area contributed by atoms with Crippen LogP contribution in [0.5, 0.6) is 0 Å². The Bertz CT molecular complexity index is 1270. The highest BCUT2D eigenvalue weighted by Gasteiger charge is 2.37. The molecule has 5 rings (SSSR count). The molecule has 1 aliphatic carbocycles. The second-order valence-corrected chi connectivity index (χ2v) is 7.51. The minimum absolute atomic E-state index is 0.0695. The number of amides is 1. The van der Waals surface area contributed by atoms with Crippen molar-refractivity contribution >= 4 is 22.5 Å². The standard InChI is InChI=1S/C20H17F3N6O/c1-10(20(21,22)23)27-19(30)15-9-26-29-5-4-12(6-16(15)29)13-7-25-18-14(13)8-24-17(28-18)11-2-3-11/h4-11H,2-3H2,1H3,(H,27,30)(H,24,25,28). The molecule has 10 heteroatoms. The topological polar surface area (TPSA) is 88.0 Å².